The van der Waals surface area contributed by atoms with Gasteiger partial charge in [0.2, 0.25) is 0 Å². The molecular weight excluding hydrogens is 316 g/mol. The minimum atomic E-state index is 0.340. The van der Waals surface area contributed by atoms with Crippen LogP contribution in [-0.2, 0) is 0 Å². The van der Waals surface area contributed by atoms with Crippen LogP contribution in [-0.4, -0.2) is 11.5 Å². The van der Waals surface area contributed by atoms with E-state index in [0.717, 1.165) is 30.2 Å². The molecule has 0 radical (unpaired) electrons. The third-order valence-electron chi connectivity index (χ3n) is 8.69. The molecule has 0 unspecified atom stereocenters. The molecule has 26 heavy (non-hydrogen) atoms. The topological polar surface area (TPSA) is 38.9 Å². The van der Waals surface area contributed by atoms with Gasteiger partial charge in [0.1, 0.15) is 0 Å². The number of hydrogen-bond donors (Lipinski definition) is 1. The van der Waals surface area contributed by atoms with E-state index in [0.29, 0.717) is 10.8 Å². The number of allylic oxidation sites excluding steroid dienone is 2. The monoisotopic (exact) mass is 352 g/mol. The smallest absolute Gasteiger partial charge is 0.0343 e. The predicted octanol–water partition coefficient (Wildman–Crippen LogP) is 5.69. The average Bonchev–Trinajstić information content (AvgIpc) is 3.00. The molecule has 0 saturated heterocycles. The molecule has 0 bridgehead atoms. The van der Waals surface area contributed by atoms with Crippen LogP contribution in [0.15, 0.2) is 30.6 Å². The Morgan fingerprint density at radius 1 is 1.19 bits per heavy atom. The summed E-state index contributed by atoms with van der Waals surface area (Å²) >= 11 is 0. The summed E-state index contributed by atoms with van der Waals surface area (Å²) in [6.45, 7) is 8.36. The lowest BCUT2D eigenvalue weighted by atomic mass is 9.46. The summed E-state index contributed by atoms with van der Waals surface area (Å²) < 4.78 is 0. The number of rotatable bonds is 4. The average molecular weight is 353 g/mol. The Kier molecular flexibility index (Phi) is 4.75. The van der Waals surface area contributed by atoms with Crippen molar-refractivity contribution < 1.29 is 0 Å². The number of fused-ring (bicyclic) bond motifs is 3. The number of nitrogens with zero attached hydrogens (tertiary/aromatic N) is 1. The lowest BCUT2D eigenvalue weighted by molar-refractivity contribution is -0.0796. The van der Waals surface area contributed by atoms with Crippen molar-refractivity contribution in [3.8, 4) is 0 Å². The second-order valence-corrected chi connectivity index (χ2v) is 9.69. The van der Waals surface area contributed by atoms with Crippen LogP contribution < -0.4 is 5.73 Å². The first-order valence-corrected chi connectivity index (χ1v) is 10.9. The summed E-state index contributed by atoms with van der Waals surface area (Å²) in [7, 11) is 0. The molecule has 2 nitrogen and oxygen atoms in total. The van der Waals surface area contributed by atoms with Gasteiger partial charge in [-0.2, -0.15) is 0 Å². The number of nitrogens with two attached hydrogens (primary N) is 1. The van der Waals surface area contributed by atoms with E-state index >= 15 is 0 Å². The lowest BCUT2D eigenvalue weighted by Crippen LogP contribution is -2.52. The molecule has 1 heterocycles. The van der Waals surface area contributed by atoms with Gasteiger partial charge in [0, 0.05) is 12.4 Å². The Morgan fingerprint density at radius 2 is 2.04 bits per heavy atom. The zero-order valence-electron chi connectivity index (χ0n) is 16.9. The van der Waals surface area contributed by atoms with Crippen LogP contribution in [0.2, 0.25) is 0 Å². The molecule has 2 N–H and O–H groups in total. The zero-order valence-corrected chi connectivity index (χ0v) is 16.9. The first kappa shape index (κ1) is 18.2. The van der Waals surface area contributed by atoms with Crippen molar-refractivity contribution in [1.82, 2.24) is 4.98 Å². The van der Waals surface area contributed by atoms with Gasteiger partial charge in [-0.3, -0.25) is 4.98 Å². The van der Waals surface area contributed by atoms with Crippen molar-refractivity contribution in [2.24, 2.45) is 40.2 Å². The fourth-order valence-electron chi connectivity index (χ4n) is 7.39. The number of pyridine rings is 1. The summed E-state index contributed by atoms with van der Waals surface area (Å²) in [6.07, 6.45) is 15.8. The molecule has 4 rings (SSSR count). The summed E-state index contributed by atoms with van der Waals surface area (Å²) in [5, 5.41) is 0. The van der Waals surface area contributed by atoms with E-state index in [9.17, 15) is 0 Å². The van der Waals surface area contributed by atoms with E-state index in [2.05, 4.69) is 50.2 Å². The van der Waals surface area contributed by atoms with Crippen molar-refractivity contribution in [1.29, 1.82) is 0 Å². The van der Waals surface area contributed by atoms with Crippen LogP contribution in [0.25, 0.3) is 5.57 Å². The van der Waals surface area contributed by atoms with Crippen LogP contribution in [0.5, 0.6) is 0 Å². The van der Waals surface area contributed by atoms with E-state index in [4.69, 9.17) is 5.73 Å². The number of hydrogen-bond acceptors (Lipinski definition) is 2. The molecule has 3 aliphatic carbocycles. The second kappa shape index (κ2) is 6.78. The summed E-state index contributed by atoms with van der Waals surface area (Å²) in [5.41, 5.74) is 9.96. The summed E-state index contributed by atoms with van der Waals surface area (Å²) in [6, 6.07) is 4.34. The molecule has 1 aromatic rings. The highest BCUT2D eigenvalue weighted by molar-refractivity contribution is 5.72. The lowest BCUT2D eigenvalue weighted by Gasteiger charge is -2.59. The Balaban J connectivity index is 1.64. The van der Waals surface area contributed by atoms with Crippen LogP contribution in [0.1, 0.15) is 71.3 Å². The van der Waals surface area contributed by atoms with Gasteiger partial charge in [0.15, 0.2) is 0 Å². The van der Waals surface area contributed by atoms with Gasteiger partial charge < -0.3 is 5.73 Å². The van der Waals surface area contributed by atoms with E-state index in [1.807, 2.05) is 6.20 Å². The van der Waals surface area contributed by atoms with Crippen LogP contribution >= 0.6 is 0 Å². The molecule has 0 aromatic carbocycles. The third kappa shape index (κ3) is 2.59. The molecule has 0 amide bonds. The van der Waals surface area contributed by atoms with Crippen LogP contribution in [0.4, 0.5) is 0 Å². The molecule has 3 aliphatic rings. The van der Waals surface area contributed by atoms with Crippen molar-refractivity contribution >= 4 is 5.57 Å². The van der Waals surface area contributed by atoms with Gasteiger partial charge in [-0.1, -0.05) is 39.3 Å². The molecule has 6 atom stereocenters. The van der Waals surface area contributed by atoms with Gasteiger partial charge >= 0.3 is 0 Å². The maximum Gasteiger partial charge on any atom is 0.0343 e. The van der Waals surface area contributed by atoms with E-state index < -0.39 is 0 Å². The molecule has 0 aliphatic heterocycles. The molecule has 2 saturated carbocycles. The zero-order chi connectivity index (χ0) is 18.4. The predicted molar refractivity (Wildman–Crippen MR) is 109 cm³/mol. The molecule has 1 aromatic heterocycles. The Hall–Kier alpha value is -1.15. The molecule has 2 heteroatoms. The number of aromatic nitrogens is 1. The van der Waals surface area contributed by atoms with Crippen molar-refractivity contribution in [2.75, 3.05) is 6.54 Å². The van der Waals surface area contributed by atoms with E-state index in [-0.39, 0.29) is 0 Å². The minimum absolute atomic E-state index is 0.340. The van der Waals surface area contributed by atoms with Gasteiger partial charge in [-0.05, 0) is 96.8 Å². The van der Waals surface area contributed by atoms with Crippen LogP contribution in [0, 0.1) is 34.5 Å². The highest BCUT2D eigenvalue weighted by Gasteiger charge is 2.57. The summed E-state index contributed by atoms with van der Waals surface area (Å²) in [5.74, 6) is 3.27. The van der Waals surface area contributed by atoms with Crippen molar-refractivity contribution in [3.63, 3.8) is 0 Å². The maximum absolute atomic E-state index is 6.24. The Labute approximate surface area is 159 Å². The highest BCUT2D eigenvalue weighted by Crippen LogP contribution is 2.66. The third-order valence-corrected chi connectivity index (χ3v) is 8.69. The normalized spacial score (nSPS) is 42.1. The van der Waals surface area contributed by atoms with Gasteiger partial charge in [0.25, 0.3) is 0 Å². The minimum Gasteiger partial charge on any atom is -0.330 e. The van der Waals surface area contributed by atoms with Crippen molar-refractivity contribution in [3.05, 3.63) is 36.2 Å². The Morgan fingerprint density at radius 3 is 2.73 bits per heavy atom. The van der Waals surface area contributed by atoms with Gasteiger partial charge in [0.05, 0.1) is 0 Å². The molecule has 2 fully saturated rings. The summed E-state index contributed by atoms with van der Waals surface area (Å²) in [4.78, 5) is 4.39. The second-order valence-electron chi connectivity index (χ2n) is 9.69. The highest BCUT2D eigenvalue weighted by atomic mass is 14.7. The quantitative estimate of drug-likeness (QED) is 0.755. The van der Waals surface area contributed by atoms with Crippen LogP contribution in [0.3, 0.4) is 0 Å². The fraction of sp³-hybridized carbons (Fsp3) is 0.708. The van der Waals surface area contributed by atoms with E-state index in [1.165, 1.54) is 50.5 Å². The first-order valence-electron chi connectivity index (χ1n) is 10.9. The fourth-order valence-corrected chi connectivity index (χ4v) is 7.39. The molecule has 142 valence electrons. The first-order chi connectivity index (χ1) is 12.5. The Bertz CT molecular complexity index is 666. The largest absolute Gasteiger partial charge is 0.330 e. The molecule has 0 spiro atoms. The van der Waals surface area contributed by atoms with Gasteiger partial charge in [-0.25, -0.2) is 0 Å². The van der Waals surface area contributed by atoms with E-state index in [1.54, 1.807) is 5.57 Å². The SMILES string of the molecule is CCC[C@@]1(C)[C@H](CN)CC[C@@H]2[C@@H]1CC[C@]1(C)C(c3cccnc3)=CC[C@@H]21. The van der Waals surface area contributed by atoms with Gasteiger partial charge in [-0.15, -0.1) is 0 Å². The van der Waals surface area contributed by atoms with Crippen molar-refractivity contribution in [2.45, 2.75) is 65.7 Å². The molecular formula is C24H36N2. The maximum atomic E-state index is 6.24. The standard InChI is InChI=1S/C24H36N2/c1-4-12-23(2)18(15-25)7-8-19-21-10-9-20(17-6-5-14-26-16-17)24(21,3)13-11-22(19)23/h5-6,9,14,16,18-19,21-22H,4,7-8,10-13,15,25H2,1-3H3/t18-,19-,21-,22-,23-,24+/m0/s1.